The van der Waals surface area contributed by atoms with Crippen molar-refractivity contribution in [3.63, 3.8) is 0 Å². The lowest BCUT2D eigenvalue weighted by Gasteiger charge is -2.40. The lowest BCUT2D eigenvalue weighted by molar-refractivity contribution is -0.141. The van der Waals surface area contributed by atoms with E-state index in [1.807, 2.05) is 19.0 Å². The Kier molecular flexibility index (Phi) is 3.95. The Hall–Kier alpha value is -1.83. The molecule has 1 aliphatic carbocycles. The van der Waals surface area contributed by atoms with Gasteiger partial charge in [-0.25, -0.2) is 5.01 Å². The highest BCUT2D eigenvalue weighted by Crippen LogP contribution is 2.54. The van der Waals surface area contributed by atoms with Crippen LogP contribution in [0.4, 0.5) is 0 Å². The van der Waals surface area contributed by atoms with Crippen LogP contribution in [0.3, 0.4) is 0 Å². The number of ketones is 2. The van der Waals surface area contributed by atoms with Gasteiger partial charge in [0.25, 0.3) is 0 Å². The smallest absolute Gasteiger partial charge is 0.232 e. The zero-order valence-electron chi connectivity index (χ0n) is 15.1. The number of carbonyl (C=O) groups is 2. The van der Waals surface area contributed by atoms with Gasteiger partial charge in [0.2, 0.25) is 11.4 Å². The van der Waals surface area contributed by atoms with Crippen molar-refractivity contribution in [3.8, 4) is 17.2 Å². The summed E-state index contributed by atoms with van der Waals surface area (Å²) in [4.78, 5) is 26.8. The minimum absolute atomic E-state index is 0.0140. The fraction of sp³-hybridized carbons (Fsp3) is 0.556. The largest absolute Gasteiger partial charge is 0.496 e. The van der Waals surface area contributed by atoms with Crippen LogP contribution in [0.5, 0.6) is 17.2 Å². The number of nitrogens with zero attached hydrogens (tertiary/aromatic N) is 1. The first-order chi connectivity index (χ1) is 12.3. The van der Waals surface area contributed by atoms with E-state index in [1.54, 1.807) is 6.07 Å². The molecule has 2 unspecified atom stereocenters. The van der Waals surface area contributed by atoms with Crippen molar-refractivity contribution in [2.24, 2.45) is 11.8 Å². The number of benzene rings is 1. The molecule has 2 fully saturated rings. The van der Waals surface area contributed by atoms with Crippen molar-refractivity contribution < 1.29 is 23.8 Å². The van der Waals surface area contributed by atoms with Gasteiger partial charge in [-0.2, -0.15) is 0 Å². The monoisotopic (exact) mass is 380 g/mol. The molecule has 1 N–H and O–H groups in total. The molecule has 1 aromatic rings. The molecule has 4 rings (SSSR count). The fourth-order valence-corrected chi connectivity index (χ4v) is 4.75. The van der Waals surface area contributed by atoms with Crippen molar-refractivity contribution in [2.75, 3.05) is 27.8 Å². The van der Waals surface area contributed by atoms with Crippen LogP contribution in [-0.2, 0) is 4.79 Å². The molecule has 1 aromatic carbocycles. The molecule has 1 spiro atoms. The van der Waals surface area contributed by atoms with Crippen LogP contribution in [0.15, 0.2) is 6.07 Å². The number of hydrazine groups is 1. The normalized spacial score (nSPS) is 33.2. The van der Waals surface area contributed by atoms with Crippen molar-refractivity contribution >= 4 is 23.2 Å². The molecule has 2 aliphatic heterocycles. The highest BCUT2D eigenvalue weighted by molar-refractivity contribution is 6.36. The maximum absolute atomic E-state index is 13.4. The summed E-state index contributed by atoms with van der Waals surface area (Å²) in [7, 11) is 4.82. The van der Waals surface area contributed by atoms with Crippen molar-refractivity contribution in [2.45, 2.75) is 25.0 Å². The second-order valence-electron chi connectivity index (χ2n) is 7.19. The zero-order chi connectivity index (χ0) is 18.8. The van der Waals surface area contributed by atoms with Crippen LogP contribution in [0.1, 0.15) is 23.7 Å². The van der Waals surface area contributed by atoms with Crippen molar-refractivity contribution in [3.05, 3.63) is 16.7 Å². The summed E-state index contributed by atoms with van der Waals surface area (Å²) in [6.07, 6.45) is 0.650. The fourth-order valence-electron chi connectivity index (χ4n) is 4.48. The van der Waals surface area contributed by atoms with Crippen LogP contribution in [0.2, 0.25) is 5.02 Å². The minimum Gasteiger partial charge on any atom is -0.496 e. The van der Waals surface area contributed by atoms with Crippen molar-refractivity contribution in [1.82, 2.24) is 10.4 Å². The second-order valence-corrected chi connectivity index (χ2v) is 7.57. The van der Waals surface area contributed by atoms with E-state index in [-0.39, 0.29) is 45.8 Å². The first-order valence-electron chi connectivity index (χ1n) is 8.55. The molecule has 1 saturated carbocycles. The predicted molar refractivity (Wildman–Crippen MR) is 94.1 cm³/mol. The summed E-state index contributed by atoms with van der Waals surface area (Å²) in [5.74, 6) is -0.375. The average molecular weight is 381 g/mol. The standard InChI is InChI=1S/C18H21ClN2O5/c1-8-5-10-9(7-21(2)20-10)16(22)18(8)17(23)13-11(24-3)6-12(25-4)14(19)15(13)26-18/h6,8-10,20H,5,7H2,1-4H3/t8-,9?,10?,18+/m1/s1. The van der Waals surface area contributed by atoms with E-state index in [0.29, 0.717) is 24.5 Å². The third kappa shape index (κ3) is 2.08. The Balaban J connectivity index is 1.85. The quantitative estimate of drug-likeness (QED) is 0.783. The number of hydrogen-bond donors (Lipinski definition) is 1. The van der Waals surface area contributed by atoms with Crippen LogP contribution in [0.25, 0.3) is 0 Å². The van der Waals surface area contributed by atoms with E-state index >= 15 is 0 Å². The van der Waals surface area contributed by atoms with Gasteiger partial charge in [-0.05, 0) is 6.42 Å². The van der Waals surface area contributed by atoms with Crippen LogP contribution < -0.4 is 19.6 Å². The molecular weight excluding hydrogens is 360 g/mol. The highest BCUT2D eigenvalue weighted by Gasteiger charge is 2.65. The summed E-state index contributed by atoms with van der Waals surface area (Å²) >= 11 is 6.39. The maximum atomic E-state index is 13.4. The van der Waals surface area contributed by atoms with E-state index in [4.69, 9.17) is 25.8 Å². The third-order valence-electron chi connectivity index (χ3n) is 5.77. The minimum atomic E-state index is -1.56. The SMILES string of the molecule is COc1cc(OC)c2c(c1Cl)O[C@]1(C2=O)C(=O)C2CN(C)NC2C[C@H]1C. The number of rotatable bonds is 2. The molecule has 4 atom stereocenters. The van der Waals surface area contributed by atoms with E-state index in [2.05, 4.69) is 5.43 Å². The van der Waals surface area contributed by atoms with Gasteiger partial charge in [0.1, 0.15) is 22.1 Å². The number of halogens is 1. The van der Waals surface area contributed by atoms with E-state index in [0.717, 1.165) is 0 Å². The van der Waals surface area contributed by atoms with Gasteiger partial charge >= 0.3 is 0 Å². The van der Waals surface area contributed by atoms with Crippen LogP contribution in [0, 0.1) is 11.8 Å². The Morgan fingerprint density at radius 2 is 2.00 bits per heavy atom. The predicted octanol–water partition coefficient (Wildman–Crippen LogP) is 1.71. The van der Waals surface area contributed by atoms with Gasteiger partial charge in [-0.15, -0.1) is 0 Å². The lowest BCUT2D eigenvalue weighted by atomic mass is 9.66. The summed E-state index contributed by atoms with van der Waals surface area (Å²) < 4.78 is 16.7. The van der Waals surface area contributed by atoms with E-state index < -0.39 is 5.60 Å². The number of methoxy groups -OCH3 is 2. The topological polar surface area (TPSA) is 77.1 Å². The Labute approximate surface area is 156 Å². The summed E-state index contributed by atoms with van der Waals surface area (Å²) in [5, 5.41) is 2.07. The summed E-state index contributed by atoms with van der Waals surface area (Å²) in [6.45, 7) is 2.41. The molecule has 7 nitrogen and oxygen atoms in total. The van der Waals surface area contributed by atoms with Gasteiger partial charge in [0.15, 0.2) is 11.5 Å². The molecule has 2 heterocycles. The molecular formula is C18H21ClN2O5. The molecule has 0 radical (unpaired) electrons. The third-order valence-corrected chi connectivity index (χ3v) is 6.12. The van der Waals surface area contributed by atoms with Gasteiger partial charge in [0.05, 0.1) is 20.1 Å². The molecule has 26 heavy (non-hydrogen) atoms. The van der Waals surface area contributed by atoms with E-state index in [9.17, 15) is 9.59 Å². The Morgan fingerprint density at radius 3 is 2.65 bits per heavy atom. The Bertz CT molecular complexity index is 813. The zero-order valence-corrected chi connectivity index (χ0v) is 15.8. The molecule has 0 bridgehead atoms. The number of ether oxygens (including phenoxy) is 3. The van der Waals surface area contributed by atoms with Crippen molar-refractivity contribution in [1.29, 1.82) is 0 Å². The second kappa shape index (κ2) is 5.84. The number of nitrogens with one attached hydrogen (secondary N) is 1. The van der Waals surface area contributed by atoms with Crippen LogP contribution in [-0.4, -0.2) is 56.0 Å². The Morgan fingerprint density at radius 1 is 1.31 bits per heavy atom. The number of Topliss-reactive ketones (excluding diaryl/α,β-unsaturated/α-hetero) is 2. The molecule has 8 heteroatoms. The maximum Gasteiger partial charge on any atom is 0.232 e. The molecule has 0 aromatic heterocycles. The first kappa shape index (κ1) is 17.6. The number of fused-ring (bicyclic) bond motifs is 2. The molecule has 140 valence electrons. The van der Waals surface area contributed by atoms with Gasteiger partial charge in [-0.1, -0.05) is 18.5 Å². The average Bonchev–Trinajstić information content (AvgIpc) is 3.13. The highest BCUT2D eigenvalue weighted by atomic mass is 35.5. The van der Waals surface area contributed by atoms with Gasteiger partial charge in [0, 0.05) is 31.6 Å². The number of carbonyl (C=O) groups excluding carboxylic acids is 2. The number of hydrogen-bond acceptors (Lipinski definition) is 7. The molecule has 3 aliphatic rings. The van der Waals surface area contributed by atoms with Crippen LogP contribution >= 0.6 is 11.6 Å². The molecule has 0 amide bonds. The van der Waals surface area contributed by atoms with Gasteiger partial charge < -0.3 is 14.2 Å². The molecule has 1 saturated heterocycles. The van der Waals surface area contributed by atoms with E-state index in [1.165, 1.54) is 14.2 Å². The van der Waals surface area contributed by atoms with Gasteiger partial charge in [-0.3, -0.25) is 15.0 Å². The summed E-state index contributed by atoms with van der Waals surface area (Å²) in [5.41, 5.74) is 1.95. The first-order valence-corrected chi connectivity index (χ1v) is 8.92. The lowest BCUT2D eigenvalue weighted by Crippen LogP contribution is -2.62. The summed E-state index contributed by atoms with van der Waals surface area (Å²) in [6, 6.07) is 1.56.